The molecule has 1 unspecified atom stereocenters. The van der Waals surface area contributed by atoms with Crippen LogP contribution in [0.25, 0.3) is 0 Å². The molecule has 1 aromatic heterocycles. The van der Waals surface area contributed by atoms with E-state index in [1.54, 1.807) is 12.3 Å². The van der Waals surface area contributed by atoms with Crippen LogP contribution in [0.2, 0.25) is 0 Å². The number of rotatable bonds is 3. The van der Waals surface area contributed by atoms with Crippen molar-refractivity contribution < 1.29 is 13.9 Å². The van der Waals surface area contributed by atoms with Crippen LogP contribution in [0.4, 0.5) is 4.79 Å². The van der Waals surface area contributed by atoms with Crippen molar-refractivity contribution in [1.29, 1.82) is 0 Å². The molecule has 0 aliphatic carbocycles. The summed E-state index contributed by atoms with van der Waals surface area (Å²) in [6.07, 6.45) is 1.56. The first-order valence-corrected chi connectivity index (χ1v) is 5.87. The van der Waals surface area contributed by atoms with Gasteiger partial charge in [0, 0.05) is 0 Å². The van der Waals surface area contributed by atoms with Gasteiger partial charge in [-0.05, 0) is 24.1 Å². The highest BCUT2D eigenvalue weighted by Gasteiger charge is 2.36. The summed E-state index contributed by atoms with van der Waals surface area (Å²) in [5.74, 6) is 0.675. The van der Waals surface area contributed by atoms with Gasteiger partial charge in [0.05, 0.1) is 12.3 Å². The van der Waals surface area contributed by atoms with Gasteiger partial charge in [-0.1, -0.05) is 30.3 Å². The van der Waals surface area contributed by atoms with E-state index in [9.17, 15) is 4.79 Å². The summed E-state index contributed by atoms with van der Waals surface area (Å²) in [5.41, 5.74) is 1.16. The number of amides is 1. The second-order valence-corrected chi connectivity index (χ2v) is 4.28. The first-order chi connectivity index (χ1) is 8.83. The Morgan fingerprint density at radius 3 is 2.67 bits per heavy atom. The average Bonchev–Trinajstić information content (AvgIpc) is 3.00. The number of carbonyl (C=O) groups excluding carboxylic acids is 1. The molecule has 1 fully saturated rings. The molecule has 2 atom stereocenters. The van der Waals surface area contributed by atoms with Gasteiger partial charge in [0.15, 0.2) is 6.10 Å². The molecule has 0 radical (unpaired) electrons. The first kappa shape index (κ1) is 10.9. The molecule has 1 aliphatic heterocycles. The molecule has 0 spiro atoms. The molecular formula is C14H13NO3. The third-order valence-electron chi connectivity index (χ3n) is 3.02. The molecule has 1 saturated heterocycles. The van der Waals surface area contributed by atoms with E-state index in [1.165, 1.54) is 0 Å². The van der Waals surface area contributed by atoms with Crippen LogP contribution < -0.4 is 5.32 Å². The Morgan fingerprint density at radius 2 is 1.94 bits per heavy atom. The molecule has 4 nitrogen and oxygen atoms in total. The second kappa shape index (κ2) is 4.56. The van der Waals surface area contributed by atoms with Gasteiger partial charge >= 0.3 is 6.09 Å². The molecule has 4 heteroatoms. The van der Waals surface area contributed by atoms with Gasteiger partial charge in [0.25, 0.3) is 0 Å². The summed E-state index contributed by atoms with van der Waals surface area (Å²) >= 11 is 0. The zero-order chi connectivity index (χ0) is 12.4. The highest BCUT2D eigenvalue weighted by atomic mass is 16.6. The minimum Gasteiger partial charge on any atom is -0.465 e. The zero-order valence-corrected chi connectivity index (χ0v) is 9.71. The summed E-state index contributed by atoms with van der Waals surface area (Å²) in [6.45, 7) is 0. The molecule has 2 aromatic rings. The van der Waals surface area contributed by atoms with Crippen molar-refractivity contribution in [3.05, 3.63) is 60.1 Å². The topological polar surface area (TPSA) is 51.5 Å². The smallest absolute Gasteiger partial charge is 0.408 e. The van der Waals surface area contributed by atoms with E-state index in [1.807, 2.05) is 36.4 Å². The van der Waals surface area contributed by atoms with E-state index in [2.05, 4.69) is 5.32 Å². The largest absolute Gasteiger partial charge is 0.465 e. The lowest BCUT2D eigenvalue weighted by Crippen LogP contribution is -2.29. The monoisotopic (exact) mass is 243 g/mol. The minimum atomic E-state index is -0.391. The van der Waals surface area contributed by atoms with Gasteiger partial charge in [0.1, 0.15) is 5.76 Å². The Morgan fingerprint density at radius 1 is 1.11 bits per heavy atom. The number of hydrogen-bond acceptors (Lipinski definition) is 3. The lowest BCUT2D eigenvalue weighted by Gasteiger charge is -2.14. The molecule has 92 valence electrons. The number of furan rings is 1. The summed E-state index contributed by atoms with van der Waals surface area (Å²) in [7, 11) is 0. The number of hydrogen-bond donors (Lipinski definition) is 1. The van der Waals surface area contributed by atoms with Crippen molar-refractivity contribution in [2.75, 3.05) is 0 Å². The number of benzene rings is 1. The molecule has 1 amide bonds. The van der Waals surface area contributed by atoms with Gasteiger partial charge in [-0.2, -0.15) is 0 Å². The Kier molecular flexibility index (Phi) is 2.76. The SMILES string of the molecule is O=C1N[C@@H](Cc2ccccc2)C(c2ccco2)O1. The van der Waals surface area contributed by atoms with Crippen LogP contribution >= 0.6 is 0 Å². The third kappa shape index (κ3) is 2.09. The fourth-order valence-corrected chi connectivity index (χ4v) is 2.19. The van der Waals surface area contributed by atoms with Crippen molar-refractivity contribution in [2.45, 2.75) is 18.6 Å². The molecule has 0 bridgehead atoms. The first-order valence-electron chi connectivity index (χ1n) is 5.87. The molecule has 2 heterocycles. The predicted octanol–water partition coefficient (Wildman–Crippen LogP) is 2.67. The van der Waals surface area contributed by atoms with Crippen molar-refractivity contribution in [2.24, 2.45) is 0 Å². The summed E-state index contributed by atoms with van der Waals surface area (Å²) in [5, 5.41) is 2.82. The molecule has 1 aromatic carbocycles. The van der Waals surface area contributed by atoms with Gasteiger partial charge in [-0.3, -0.25) is 0 Å². The maximum Gasteiger partial charge on any atom is 0.408 e. The number of nitrogens with one attached hydrogen (secondary N) is 1. The Balaban J connectivity index is 1.80. The maximum atomic E-state index is 11.4. The van der Waals surface area contributed by atoms with Crippen LogP contribution in [-0.2, 0) is 11.2 Å². The van der Waals surface area contributed by atoms with Gasteiger partial charge in [0.2, 0.25) is 0 Å². The van der Waals surface area contributed by atoms with Gasteiger partial charge < -0.3 is 14.5 Å². The standard InChI is InChI=1S/C14H13NO3/c16-14-15-11(9-10-5-2-1-3-6-10)13(18-14)12-7-4-8-17-12/h1-8,11,13H,9H2,(H,15,16)/t11-,13?/m0/s1. The van der Waals surface area contributed by atoms with Crippen molar-refractivity contribution in [3.8, 4) is 0 Å². The number of alkyl carbamates (subject to hydrolysis) is 1. The fraction of sp³-hybridized carbons (Fsp3) is 0.214. The van der Waals surface area contributed by atoms with E-state index in [-0.39, 0.29) is 12.1 Å². The molecular weight excluding hydrogens is 230 g/mol. The number of cyclic esters (lactones) is 1. The molecule has 0 saturated carbocycles. The normalized spacial score (nSPS) is 22.6. The Hall–Kier alpha value is -2.23. The van der Waals surface area contributed by atoms with E-state index < -0.39 is 6.09 Å². The van der Waals surface area contributed by atoms with Crippen LogP contribution in [0.3, 0.4) is 0 Å². The highest BCUT2D eigenvalue weighted by molar-refractivity contribution is 5.70. The van der Waals surface area contributed by atoms with Crippen molar-refractivity contribution >= 4 is 6.09 Å². The van der Waals surface area contributed by atoms with Crippen LogP contribution in [0.1, 0.15) is 17.4 Å². The molecule has 1 N–H and O–H groups in total. The van der Waals surface area contributed by atoms with Crippen molar-refractivity contribution in [3.63, 3.8) is 0 Å². The van der Waals surface area contributed by atoms with E-state index in [0.29, 0.717) is 5.76 Å². The average molecular weight is 243 g/mol. The van der Waals surface area contributed by atoms with E-state index in [4.69, 9.17) is 9.15 Å². The molecule has 18 heavy (non-hydrogen) atoms. The quantitative estimate of drug-likeness (QED) is 0.901. The van der Waals surface area contributed by atoms with Crippen LogP contribution in [-0.4, -0.2) is 12.1 Å². The predicted molar refractivity (Wildman–Crippen MR) is 65.0 cm³/mol. The maximum absolute atomic E-state index is 11.4. The van der Waals surface area contributed by atoms with E-state index >= 15 is 0 Å². The van der Waals surface area contributed by atoms with Crippen LogP contribution in [0.5, 0.6) is 0 Å². The van der Waals surface area contributed by atoms with Gasteiger partial charge in [-0.15, -0.1) is 0 Å². The Labute approximate surface area is 105 Å². The summed E-state index contributed by atoms with van der Waals surface area (Å²) < 4.78 is 10.6. The zero-order valence-electron chi connectivity index (χ0n) is 9.71. The highest BCUT2D eigenvalue weighted by Crippen LogP contribution is 2.28. The molecule has 3 rings (SSSR count). The second-order valence-electron chi connectivity index (χ2n) is 4.28. The van der Waals surface area contributed by atoms with Crippen molar-refractivity contribution in [1.82, 2.24) is 5.32 Å². The Bertz CT molecular complexity index is 521. The van der Waals surface area contributed by atoms with E-state index in [0.717, 1.165) is 12.0 Å². The number of ether oxygens (including phenoxy) is 1. The number of carbonyl (C=O) groups is 1. The lowest BCUT2D eigenvalue weighted by atomic mass is 10.0. The fourth-order valence-electron chi connectivity index (χ4n) is 2.19. The summed E-state index contributed by atoms with van der Waals surface area (Å²) in [6, 6.07) is 13.5. The van der Waals surface area contributed by atoms with Crippen LogP contribution in [0, 0.1) is 0 Å². The third-order valence-corrected chi connectivity index (χ3v) is 3.02. The molecule has 1 aliphatic rings. The summed E-state index contributed by atoms with van der Waals surface area (Å²) in [4.78, 5) is 11.4. The van der Waals surface area contributed by atoms with Gasteiger partial charge in [-0.25, -0.2) is 4.79 Å². The minimum absolute atomic E-state index is 0.0916. The van der Waals surface area contributed by atoms with Crippen LogP contribution in [0.15, 0.2) is 53.1 Å². The lowest BCUT2D eigenvalue weighted by molar-refractivity contribution is 0.117.